The van der Waals surface area contributed by atoms with E-state index in [4.69, 9.17) is 0 Å². The number of rotatable bonds is 10. The summed E-state index contributed by atoms with van der Waals surface area (Å²) >= 11 is 2.79. The third kappa shape index (κ3) is 6.39. The van der Waals surface area contributed by atoms with Crippen LogP contribution in [-0.4, -0.2) is 24.6 Å². The molecule has 0 radical (unpaired) electrons. The number of nitriles is 1. The van der Waals surface area contributed by atoms with Crippen LogP contribution in [0.15, 0.2) is 0 Å². The van der Waals surface area contributed by atoms with Crippen LogP contribution < -0.4 is 0 Å². The van der Waals surface area contributed by atoms with Crippen molar-refractivity contribution in [1.29, 1.82) is 5.26 Å². The molecule has 0 aliphatic carbocycles. The van der Waals surface area contributed by atoms with Crippen molar-refractivity contribution in [2.45, 2.75) is 59.3 Å². The molecular formula is C14H29INP. The van der Waals surface area contributed by atoms with Crippen LogP contribution in [-0.2, 0) is 0 Å². The van der Waals surface area contributed by atoms with Gasteiger partial charge in [0.05, 0.1) is 0 Å². The van der Waals surface area contributed by atoms with Crippen molar-refractivity contribution in [2.24, 2.45) is 0 Å². The molecule has 0 aliphatic heterocycles. The molecule has 0 aromatic carbocycles. The molecule has 0 fully saturated rings. The molecule has 0 saturated carbocycles. The number of unbranched alkanes of at least 4 members (excludes halogenated alkanes) is 3. The number of halogens is 1. The summed E-state index contributed by atoms with van der Waals surface area (Å²) in [7, 11) is 0. The van der Waals surface area contributed by atoms with E-state index in [9.17, 15) is 5.26 Å². The predicted octanol–water partition coefficient (Wildman–Crippen LogP) is 5.81. The van der Waals surface area contributed by atoms with Crippen LogP contribution in [0.5, 0.6) is 0 Å². The molecule has 0 bridgehead atoms. The fraction of sp³-hybridized carbons (Fsp3) is 0.929. The van der Waals surface area contributed by atoms with Gasteiger partial charge in [-0.2, -0.15) is 0 Å². The van der Waals surface area contributed by atoms with Crippen molar-refractivity contribution in [3.63, 3.8) is 0 Å². The van der Waals surface area contributed by atoms with E-state index in [0.29, 0.717) is 0 Å². The van der Waals surface area contributed by atoms with Crippen LogP contribution in [0.2, 0.25) is 0 Å². The standard InChI is InChI=1S/C14H29INP/c1-4-7-11-17(15,14-10-16,12-8-5-2)13-9-6-3/h4-9,11-14H2,1-3H3. The Morgan fingerprint density at radius 2 is 1.24 bits per heavy atom. The zero-order valence-corrected chi connectivity index (χ0v) is 14.9. The van der Waals surface area contributed by atoms with Crippen molar-refractivity contribution < 1.29 is 0 Å². The Hall–Kier alpha value is 0.650. The van der Waals surface area contributed by atoms with Gasteiger partial charge in [-0.05, 0) is 0 Å². The topological polar surface area (TPSA) is 23.8 Å². The van der Waals surface area contributed by atoms with Crippen molar-refractivity contribution in [1.82, 2.24) is 0 Å². The van der Waals surface area contributed by atoms with Crippen LogP contribution >= 0.6 is 26.3 Å². The van der Waals surface area contributed by atoms with E-state index in [0.717, 1.165) is 6.16 Å². The first-order chi connectivity index (χ1) is 8.04. The van der Waals surface area contributed by atoms with Crippen molar-refractivity contribution in [3.8, 4) is 6.07 Å². The minimum absolute atomic E-state index is 0.853. The van der Waals surface area contributed by atoms with Crippen LogP contribution in [0, 0.1) is 11.3 Å². The van der Waals surface area contributed by atoms with Gasteiger partial charge in [0.2, 0.25) is 0 Å². The fourth-order valence-corrected chi connectivity index (χ4v) is 10.8. The van der Waals surface area contributed by atoms with Crippen LogP contribution in [0.1, 0.15) is 59.3 Å². The fourth-order valence-electron chi connectivity index (χ4n) is 2.41. The summed E-state index contributed by atoms with van der Waals surface area (Å²) in [6.07, 6.45) is 12.6. The van der Waals surface area contributed by atoms with Crippen LogP contribution in [0.3, 0.4) is 0 Å². The summed E-state index contributed by atoms with van der Waals surface area (Å²) in [6, 6.07) is 2.53. The second-order valence-corrected chi connectivity index (χ2v) is 18.9. The second-order valence-electron chi connectivity index (χ2n) is 5.37. The Labute approximate surface area is 121 Å². The Kier molecular flexibility index (Phi) is 9.03. The van der Waals surface area contributed by atoms with E-state index in [2.05, 4.69) is 48.9 Å². The monoisotopic (exact) mass is 369 g/mol. The van der Waals surface area contributed by atoms with Gasteiger partial charge in [0, 0.05) is 0 Å². The van der Waals surface area contributed by atoms with Crippen molar-refractivity contribution in [2.75, 3.05) is 24.6 Å². The molecule has 0 spiro atoms. The van der Waals surface area contributed by atoms with Crippen LogP contribution in [0.25, 0.3) is 0 Å². The molecule has 3 heteroatoms. The summed E-state index contributed by atoms with van der Waals surface area (Å²) in [5.41, 5.74) is 0. The van der Waals surface area contributed by atoms with Gasteiger partial charge in [-0.3, -0.25) is 0 Å². The van der Waals surface area contributed by atoms with E-state index < -0.39 is 4.25 Å². The summed E-state index contributed by atoms with van der Waals surface area (Å²) < 4.78 is -1.73. The predicted molar refractivity (Wildman–Crippen MR) is 90.7 cm³/mol. The average Bonchev–Trinajstić information content (AvgIpc) is 2.33. The van der Waals surface area contributed by atoms with E-state index in [1.54, 1.807) is 0 Å². The van der Waals surface area contributed by atoms with E-state index in [-0.39, 0.29) is 0 Å². The molecule has 0 aromatic heterocycles. The number of hydrogen-bond donors (Lipinski definition) is 0. The normalized spacial score (nSPS) is 13.9. The van der Waals surface area contributed by atoms with E-state index in [1.165, 1.54) is 57.0 Å². The van der Waals surface area contributed by atoms with E-state index in [1.807, 2.05) is 0 Å². The first kappa shape index (κ1) is 17.6. The first-order valence-electron chi connectivity index (χ1n) is 7.13. The van der Waals surface area contributed by atoms with Crippen molar-refractivity contribution in [3.05, 3.63) is 0 Å². The molecule has 0 rings (SSSR count). The number of hydrogen-bond acceptors (Lipinski definition) is 1. The molecule has 17 heavy (non-hydrogen) atoms. The molecule has 0 amide bonds. The summed E-state index contributed by atoms with van der Waals surface area (Å²) in [5, 5.41) is 9.24. The molecule has 102 valence electrons. The maximum atomic E-state index is 9.24. The third-order valence-corrected chi connectivity index (χ3v) is 14.3. The van der Waals surface area contributed by atoms with E-state index >= 15 is 0 Å². The van der Waals surface area contributed by atoms with Gasteiger partial charge in [-0.25, -0.2) is 0 Å². The molecule has 0 heterocycles. The summed E-state index contributed by atoms with van der Waals surface area (Å²) in [5.74, 6) is 0. The third-order valence-electron chi connectivity index (χ3n) is 3.68. The number of nitrogens with zero attached hydrogens (tertiary/aromatic N) is 1. The van der Waals surface area contributed by atoms with Crippen LogP contribution in [0.4, 0.5) is 0 Å². The Morgan fingerprint density at radius 3 is 1.47 bits per heavy atom. The quantitative estimate of drug-likeness (QED) is 0.352. The second kappa shape index (κ2) is 8.70. The van der Waals surface area contributed by atoms with Gasteiger partial charge in [0.15, 0.2) is 0 Å². The molecule has 0 saturated heterocycles. The van der Waals surface area contributed by atoms with Gasteiger partial charge in [0.25, 0.3) is 0 Å². The summed E-state index contributed by atoms with van der Waals surface area (Å²) in [4.78, 5) is 0. The zero-order valence-electron chi connectivity index (χ0n) is 11.8. The van der Waals surface area contributed by atoms with Gasteiger partial charge in [-0.15, -0.1) is 0 Å². The Bertz CT molecular complexity index is 223. The van der Waals surface area contributed by atoms with Crippen molar-refractivity contribution >= 4 is 26.3 Å². The molecule has 1 nitrogen and oxygen atoms in total. The Morgan fingerprint density at radius 1 is 0.882 bits per heavy atom. The average molecular weight is 369 g/mol. The van der Waals surface area contributed by atoms with Gasteiger partial charge < -0.3 is 0 Å². The molecule has 0 N–H and O–H groups in total. The van der Waals surface area contributed by atoms with Gasteiger partial charge in [0.1, 0.15) is 0 Å². The molecular weight excluding hydrogens is 340 g/mol. The Balaban J connectivity index is 4.84. The summed E-state index contributed by atoms with van der Waals surface area (Å²) in [6.45, 7) is 6.80. The molecule has 0 aliphatic rings. The first-order valence-corrected chi connectivity index (χ1v) is 12.9. The molecule has 0 unspecified atom stereocenters. The van der Waals surface area contributed by atoms with Gasteiger partial charge >= 0.3 is 122 Å². The SMILES string of the molecule is CCCCP(I)(CC#N)(CCCC)CCCC. The zero-order chi connectivity index (χ0) is 13.2. The molecule has 0 atom stereocenters. The minimum atomic E-state index is -1.73. The maximum absolute atomic E-state index is 9.24. The molecule has 0 aromatic rings. The van der Waals surface area contributed by atoms with Gasteiger partial charge in [-0.1, -0.05) is 0 Å².